The lowest BCUT2D eigenvalue weighted by Gasteiger charge is -2.05. The van der Waals surface area contributed by atoms with Crippen LogP contribution in [0, 0.1) is 0 Å². The van der Waals surface area contributed by atoms with Crippen LogP contribution in [0.1, 0.15) is 11.1 Å². The third-order valence-corrected chi connectivity index (χ3v) is 3.91. The van der Waals surface area contributed by atoms with Crippen LogP contribution in [0.25, 0.3) is 22.4 Å². The van der Waals surface area contributed by atoms with E-state index in [0.717, 1.165) is 21.9 Å². The largest absolute Gasteiger partial charge is 0.423 e. The van der Waals surface area contributed by atoms with Gasteiger partial charge < -0.3 is 4.74 Å². The predicted molar refractivity (Wildman–Crippen MR) is 92.4 cm³/mol. The molecule has 0 saturated heterocycles. The highest BCUT2D eigenvalue weighted by molar-refractivity contribution is 6.23. The number of hydrogen-bond donors (Lipinski definition) is 0. The van der Waals surface area contributed by atoms with Crippen LogP contribution >= 0.6 is 0 Å². The minimum Gasteiger partial charge on any atom is -0.423 e. The van der Waals surface area contributed by atoms with Crippen molar-refractivity contribution in [1.82, 2.24) is 0 Å². The van der Waals surface area contributed by atoms with Crippen molar-refractivity contribution in [3.05, 3.63) is 95.8 Å². The summed E-state index contributed by atoms with van der Waals surface area (Å²) in [6, 6.07) is 23.8. The molecule has 3 aromatic rings. The van der Waals surface area contributed by atoms with Gasteiger partial charge in [0.15, 0.2) is 0 Å². The lowest BCUT2D eigenvalue weighted by atomic mass is 9.98. The van der Waals surface area contributed by atoms with Crippen LogP contribution in [-0.2, 0) is 9.53 Å². The molecule has 0 aliphatic carbocycles. The molecule has 1 heterocycles. The molecule has 23 heavy (non-hydrogen) atoms. The molecule has 2 nitrogen and oxygen atoms in total. The van der Waals surface area contributed by atoms with E-state index in [1.165, 1.54) is 0 Å². The van der Waals surface area contributed by atoms with E-state index < -0.39 is 0 Å². The molecule has 0 saturated carbocycles. The Labute approximate surface area is 134 Å². The normalized spacial score (nSPS) is 15.7. The fraction of sp³-hybridized carbons (Fsp3) is 0. The summed E-state index contributed by atoms with van der Waals surface area (Å²) in [4.78, 5) is 12.3. The third-order valence-electron chi connectivity index (χ3n) is 3.91. The van der Waals surface area contributed by atoms with Crippen molar-refractivity contribution in [2.45, 2.75) is 0 Å². The molecule has 0 bridgehead atoms. The summed E-state index contributed by atoms with van der Waals surface area (Å²) in [5.41, 5.74) is 2.51. The molecule has 0 amide bonds. The smallest absolute Gasteiger partial charge is 0.344 e. The number of hydrogen-bond acceptors (Lipinski definition) is 2. The van der Waals surface area contributed by atoms with Crippen LogP contribution < -0.4 is 0 Å². The first-order valence-electron chi connectivity index (χ1n) is 7.50. The van der Waals surface area contributed by atoms with E-state index in [1.54, 1.807) is 0 Å². The zero-order chi connectivity index (χ0) is 15.6. The standard InChI is InChI=1S/C21H14O2/c22-21-20(14-17(23-21)13-15-7-2-1-3-8-15)19-12-6-10-16-9-4-5-11-18(16)19/h1-14H. The molecule has 0 unspecified atom stereocenters. The molecule has 0 radical (unpaired) electrons. The van der Waals surface area contributed by atoms with Crippen LogP contribution in [0.2, 0.25) is 0 Å². The highest BCUT2D eigenvalue weighted by Gasteiger charge is 2.23. The average Bonchev–Trinajstić information content (AvgIpc) is 2.95. The van der Waals surface area contributed by atoms with Crippen molar-refractivity contribution in [3.63, 3.8) is 0 Å². The fourth-order valence-electron chi connectivity index (χ4n) is 2.83. The van der Waals surface area contributed by atoms with Gasteiger partial charge in [-0.05, 0) is 34.1 Å². The summed E-state index contributed by atoms with van der Waals surface area (Å²) >= 11 is 0. The van der Waals surface area contributed by atoms with Gasteiger partial charge in [-0.15, -0.1) is 0 Å². The number of benzene rings is 3. The van der Waals surface area contributed by atoms with Crippen LogP contribution in [0.4, 0.5) is 0 Å². The van der Waals surface area contributed by atoms with Gasteiger partial charge in [0, 0.05) is 0 Å². The van der Waals surface area contributed by atoms with Gasteiger partial charge in [0.25, 0.3) is 0 Å². The van der Waals surface area contributed by atoms with Gasteiger partial charge >= 0.3 is 5.97 Å². The van der Waals surface area contributed by atoms with E-state index in [4.69, 9.17) is 4.74 Å². The first-order chi connectivity index (χ1) is 11.3. The van der Waals surface area contributed by atoms with Crippen molar-refractivity contribution in [3.8, 4) is 0 Å². The molecule has 3 aromatic carbocycles. The summed E-state index contributed by atoms with van der Waals surface area (Å²) in [5.74, 6) is 0.271. The first kappa shape index (κ1) is 13.5. The van der Waals surface area contributed by atoms with E-state index in [1.807, 2.05) is 84.9 Å². The maximum Gasteiger partial charge on any atom is 0.344 e. The molecule has 0 spiro atoms. The van der Waals surface area contributed by atoms with Crippen molar-refractivity contribution >= 4 is 28.4 Å². The van der Waals surface area contributed by atoms with Crippen molar-refractivity contribution < 1.29 is 9.53 Å². The van der Waals surface area contributed by atoms with Gasteiger partial charge in [0.05, 0.1) is 5.57 Å². The highest BCUT2D eigenvalue weighted by atomic mass is 16.5. The van der Waals surface area contributed by atoms with Gasteiger partial charge in [-0.1, -0.05) is 72.8 Å². The van der Waals surface area contributed by atoms with E-state index in [0.29, 0.717) is 11.3 Å². The van der Waals surface area contributed by atoms with Gasteiger partial charge in [0.1, 0.15) is 5.76 Å². The Bertz CT molecular complexity index is 945. The van der Waals surface area contributed by atoms with Crippen LogP contribution in [0.5, 0.6) is 0 Å². The van der Waals surface area contributed by atoms with Crippen molar-refractivity contribution in [1.29, 1.82) is 0 Å². The topological polar surface area (TPSA) is 26.3 Å². The zero-order valence-corrected chi connectivity index (χ0v) is 12.4. The number of rotatable bonds is 2. The molecule has 0 fully saturated rings. The SMILES string of the molecule is O=C1OC(=Cc2ccccc2)C=C1c1cccc2ccccc12. The monoisotopic (exact) mass is 298 g/mol. The Hall–Kier alpha value is -3.13. The fourth-order valence-corrected chi connectivity index (χ4v) is 2.83. The lowest BCUT2D eigenvalue weighted by molar-refractivity contribution is -0.131. The van der Waals surface area contributed by atoms with Crippen LogP contribution in [0.3, 0.4) is 0 Å². The zero-order valence-electron chi connectivity index (χ0n) is 12.4. The number of carbonyl (C=O) groups is 1. The highest BCUT2D eigenvalue weighted by Crippen LogP contribution is 2.31. The summed E-state index contributed by atoms with van der Waals surface area (Å²) in [5, 5.41) is 2.17. The lowest BCUT2D eigenvalue weighted by Crippen LogP contribution is -1.98. The Morgan fingerprint density at radius 2 is 1.52 bits per heavy atom. The predicted octanol–water partition coefficient (Wildman–Crippen LogP) is 4.82. The van der Waals surface area contributed by atoms with Crippen molar-refractivity contribution in [2.75, 3.05) is 0 Å². The van der Waals surface area contributed by atoms with Crippen molar-refractivity contribution in [2.24, 2.45) is 0 Å². The molecular formula is C21H14O2. The number of allylic oxidation sites excluding steroid dienone is 1. The number of esters is 1. The van der Waals surface area contributed by atoms with Crippen LogP contribution in [0.15, 0.2) is 84.6 Å². The molecule has 0 aromatic heterocycles. The Morgan fingerprint density at radius 1 is 0.783 bits per heavy atom. The van der Waals surface area contributed by atoms with Crippen LogP contribution in [-0.4, -0.2) is 5.97 Å². The van der Waals surface area contributed by atoms with Gasteiger partial charge in [-0.2, -0.15) is 0 Å². The average molecular weight is 298 g/mol. The molecule has 1 aliphatic rings. The maximum atomic E-state index is 12.3. The Kier molecular flexibility index (Phi) is 3.28. The molecule has 2 heteroatoms. The minimum absolute atomic E-state index is 0.302. The summed E-state index contributed by atoms with van der Waals surface area (Å²) in [7, 11) is 0. The number of ether oxygens (including phenoxy) is 1. The quantitative estimate of drug-likeness (QED) is 0.634. The molecule has 0 N–H and O–H groups in total. The number of fused-ring (bicyclic) bond motifs is 1. The summed E-state index contributed by atoms with van der Waals surface area (Å²) < 4.78 is 5.41. The molecular weight excluding hydrogens is 284 g/mol. The molecule has 1 aliphatic heterocycles. The van der Waals surface area contributed by atoms with Gasteiger partial charge in [0.2, 0.25) is 0 Å². The first-order valence-corrected chi connectivity index (χ1v) is 7.50. The van der Waals surface area contributed by atoms with E-state index in [-0.39, 0.29) is 5.97 Å². The minimum atomic E-state index is -0.302. The second-order valence-electron chi connectivity index (χ2n) is 5.43. The van der Waals surface area contributed by atoms with E-state index in [2.05, 4.69) is 0 Å². The summed E-state index contributed by atoms with van der Waals surface area (Å²) in [6.07, 6.45) is 3.69. The Morgan fingerprint density at radius 3 is 2.39 bits per heavy atom. The number of cyclic esters (lactones) is 1. The summed E-state index contributed by atoms with van der Waals surface area (Å²) in [6.45, 7) is 0. The van der Waals surface area contributed by atoms with E-state index >= 15 is 0 Å². The number of carbonyl (C=O) groups excluding carboxylic acids is 1. The third kappa shape index (κ3) is 2.55. The molecule has 110 valence electrons. The second-order valence-corrected chi connectivity index (χ2v) is 5.43. The molecule has 4 rings (SSSR count). The van der Waals surface area contributed by atoms with E-state index in [9.17, 15) is 4.79 Å². The maximum absolute atomic E-state index is 12.3. The second kappa shape index (κ2) is 5.58. The van der Waals surface area contributed by atoms with Gasteiger partial charge in [-0.25, -0.2) is 4.79 Å². The Balaban J connectivity index is 1.80. The molecule has 0 atom stereocenters. The van der Waals surface area contributed by atoms with Gasteiger partial charge in [-0.3, -0.25) is 0 Å².